The van der Waals surface area contributed by atoms with Crippen molar-refractivity contribution in [3.63, 3.8) is 0 Å². The number of rotatable bonds is 1. The van der Waals surface area contributed by atoms with Crippen LogP contribution in [0.2, 0.25) is 0 Å². The predicted octanol–water partition coefficient (Wildman–Crippen LogP) is 2.06. The molecule has 0 N–H and O–H groups in total. The van der Waals surface area contributed by atoms with Gasteiger partial charge >= 0.3 is 0 Å². The summed E-state index contributed by atoms with van der Waals surface area (Å²) < 4.78 is 11.0. The van der Waals surface area contributed by atoms with E-state index in [4.69, 9.17) is 9.15 Å². The Morgan fingerprint density at radius 1 is 1.35 bits per heavy atom. The van der Waals surface area contributed by atoms with Gasteiger partial charge in [0.15, 0.2) is 5.76 Å². The fraction of sp³-hybridized carbons (Fsp3) is 0.615. The maximum Gasteiger partial charge on any atom is 0.289 e. The zero-order valence-corrected chi connectivity index (χ0v) is 9.80. The normalized spacial score (nSPS) is 28.8. The number of ether oxygens (including phenoxy) is 1. The first-order valence-corrected chi connectivity index (χ1v) is 6.32. The Kier molecular flexibility index (Phi) is 2.89. The highest BCUT2D eigenvalue weighted by molar-refractivity contribution is 5.91. The Balaban J connectivity index is 1.79. The predicted molar refractivity (Wildman–Crippen MR) is 61.7 cm³/mol. The maximum atomic E-state index is 12.3. The highest BCUT2D eigenvalue weighted by atomic mass is 16.5. The minimum Gasteiger partial charge on any atom is -0.459 e. The number of hydrogen-bond acceptors (Lipinski definition) is 3. The average molecular weight is 235 g/mol. The first-order chi connectivity index (χ1) is 8.36. The Morgan fingerprint density at radius 2 is 2.24 bits per heavy atom. The van der Waals surface area contributed by atoms with Crippen molar-refractivity contribution in [1.82, 2.24) is 4.90 Å². The summed E-state index contributed by atoms with van der Waals surface area (Å²) in [7, 11) is 0. The Bertz CT molecular complexity index is 385. The number of morpholine rings is 1. The number of furan rings is 1. The molecule has 1 amide bonds. The van der Waals surface area contributed by atoms with Crippen molar-refractivity contribution < 1.29 is 13.9 Å². The molecule has 2 atom stereocenters. The number of amides is 1. The fourth-order valence-electron chi connectivity index (χ4n) is 2.89. The van der Waals surface area contributed by atoms with Crippen LogP contribution in [0.5, 0.6) is 0 Å². The first kappa shape index (κ1) is 10.8. The van der Waals surface area contributed by atoms with Crippen LogP contribution < -0.4 is 0 Å². The van der Waals surface area contributed by atoms with Gasteiger partial charge in [0.05, 0.1) is 25.0 Å². The van der Waals surface area contributed by atoms with Gasteiger partial charge < -0.3 is 14.1 Å². The summed E-state index contributed by atoms with van der Waals surface area (Å²) in [5, 5.41) is 0. The van der Waals surface area contributed by atoms with Gasteiger partial charge in [0, 0.05) is 6.54 Å². The van der Waals surface area contributed by atoms with Gasteiger partial charge in [-0.1, -0.05) is 12.8 Å². The Hall–Kier alpha value is -1.29. The second kappa shape index (κ2) is 4.53. The summed E-state index contributed by atoms with van der Waals surface area (Å²) in [6, 6.07) is 3.73. The summed E-state index contributed by atoms with van der Waals surface area (Å²) in [5.74, 6) is 0.450. The van der Waals surface area contributed by atoms with Crippen LogP contribution in [0.25, 0.3) is 0 Å². The Morgan fingerprint density at radius 3 is 3.06 bits per heavy atom. The molecule has 4 nitrogen and oxygen atoms in total. The van der Waals surface area contributed by atoms with Crippen LogP contribution in [-0.2, 0) is 4.74 Å². The summed E-state index contributed by atoms with van der Waals surface area (Å²) in [6.07, 6.45) is 6.31. The largest absolute Gasteiger partial charge is 0.459 e. The average Bonchev–Trinajstić information content (AvgIpc) is 2.91. The van der Waals surface area contributed by atoms with Crippen molar-refractivity contribution in [2.45, 2.75) is 37.8 Å². The van der Waals surface area contributed by atoms with Crippen molar-refractivity contribution in [3.8, 4) is 0 Å². The van der Waals surface area contributed by atoms with Crippen LogP contribution in [0.1, 0.15) is 36.2 Å². The number of carbonyl (C=O) groups is 1. The number of hydrogen-bond donors (Lipinski definition) is 0. The van der Waals surface area contributed by atoms with E-state index in [1.54, 1.807) is 18.4 Å². The van der Waals surface area contributed by atoms with Crippen molar-refractivity contribution in [1.29, 1.82) is 0 Å². The standard InChI is InChI=1S/C13H17NO3/c15-13(12-6-3-8-16-12)14-7-9-17-11-5-2-1-4-10(11)14/h3,6,8,10-11H,1-2,4-5,7,9H2. The lowest BCUT2D eigenvalue weighted by atomic mass is 9.90. The third-order valence-corrected chi connectivity index (χ3v) is 3.72. The van der Waals surface area contributed by atoms with E-state index in [1.165, 1.54) is 12.8 Å². The van der Waals surface area contributed by atoms with Gasteiger partial charge in [-0.2, -0.15) is 0 Å². The Labute approximate surface area is 101 Å². The maximum absolute atomic E-state index is 12.3. The molecule has 2 aliphatic rings. The minimum atomic E-state index is 0.00944. The van der Waals surface area contributed by atoms with Gasteiger partial charge in [-0.25, -0.2) is 0 Å². The summed E-state index contributed by atoms with van der Waals surface area (Å²) in [6.45, 7) is 1.33. The molecular weight excluding hydrogens is 218 g/mol. The topological polar surface area (TPSA) is 42.7 Å². The molecule has 1 aromatic rings. The minimum absolute atomic E-state index is 0.00944. The molecule has 1 aliphatic carbocycles. The van der Waals surface area contributed by atoms with E-state index in [0.717, 1.165) is 12.8 Å². The lowest BCUT2D eigenvalue weighted by molar-refractivity contribution is -0.0759. The van der Waals surface area contributed by atoms with E-state index in [9.17, 15) is 4.79 Å². The van der Waals surface area contributed by atoms with Gasteiger partial charge in [-0.05, 0) is 25.0 Å². The van der Waals surface area contributed by atoms with Crippen LogP contribution >= 0.6 is 0 Å². The van der Waals surface area contributed by atoms with Crippen molar-refractivity contribution in [2.75, 3.05) is 13.2 Å². The molecule has 17 heavy (non-hydrogen) atoms. The molecule has 0 spiro atoms. The zero-order chi connectivity index (χ0) is 11.7. The third kappa shape index (κ3) is 1.97. The zero-order valence-electron chi connectivity index (χ0n) is 9.80. The third-order valence-electron chi connectivity index (χ3n) is 3.72. The van der Waals surface area contributed by atoms with Gasteiger partial charge in [0.1, 0.15) is 0 Å². The van der Waals surface area contributed by atoms with Gasteiger partial charge in [-0.3, -0.25) is 4.79 Å². The fourth-order valence-corrected chi connectivity index (χ4v) is 2.89. The van der Waals surface area contributed by atoms with Crippen LogP contribution in [0.4, 0.5) is 0 Å². The molecule has 4 heteroatoms. The number of fused-ring (bicyclic) bond motifs is 1. The first-order valence-electron chi connectivity index (χ1n) is 6.32. The van der Waals surface area contributed by atoms with E-state index in [1.807, 2.05) is 4.90 Å². The highest BCUT2D eigenvalue weighted by Crippen LogP contribution is 2.29. The molecule has 0 bridgehead atoms. The second-order valence-electron chi connectivity index (χ2n) is 4.74. The molecule has 1 saturated carbocycles. The highest BCUT2D eigenvalue weighted by Gasteiger charge is 2.37. The molecule has 0 aromatic carbocycles. The van der Waals surface area contributed by atoms with Crippen LogP contribution in [0.15, 0.2) is 22.8 Å². The molecule has 3 rings (SSSR count). The monoisotopic (exact) mass is 235 g/mol. The van der Waals surface area contributed by atoms with Crippen LogP contribution in [-0.4, -0.2) is 36.1 Å². The van der Waals surface area contributed by atoms with E-state index < -0.39 is 0 Å². The summed E-state index contributed by atoms with van der Waals surface area (Å²) >= 11 is 0. The lowest BCUT2D eigenvalue weighted by Gasteiger charge is -2.43. The van der Waals surface area contributed by atoms with Crippen molar-refractivity contribution in [2.24, 2.45) is 0 Å². The molecule has 2 unspecified atom stereocenters. The van der Waals surface area contributed by atoms with Gasteiger partial charge in [0.25, 0.3) is 5.91 Å². The smallest absolute Gasteiger partial charge is 0.289 e. The molecular formula is C13H17NO3. The number of carbonyl (C=O) groups excluding carboxylic acids is 1. The van der Waals surface area contributed by atoms with Crippen LogP contribution in [0, 0.1) is 0 Å². The van der Waals surface area contributed by atoms with Crippen molar-refractivity contribution in [3.05, 3.63) is 24.2 Å². The van der Waals surface area contributed by atoms with Crippen LogP contribution in [0.3, 0.4) is 0 Å². The molecule has 92 valence electrons. The van der Waals surface area contributed by atoms with Crippen molar-refractivity contribution >= 4 is 5.91 Å². The van der Waals surface area contributed by atoms with Gasteiger partial charge in [-0.15, -0.1) is 0 Å². The quantitative estimate of drug-likeness (QED) is 0.748. The summed E-state index contributed by atoms with van der Waals surface area (Å²) in [5.41, 5.74) is 0. The number of nitrogens with zero attached hydrogens (tertiary/aromatic N) is 1. The molecule has 2 heterocycles. The molecule has 0 radical (unpaired) electrons. The van der Waals surface area contributed by atoms with E-state index in [2.05, 4.69) is 0 Å². The molecule has 1 aromatic heterocycles. The van der Waals surface area contributed by atoms with E-state index in [-0.39, 0.29) is 18.1 Å². The second-order valence-corrected chi connectivity index (χ2v) is 4.74. The lowest BCUT2D eigenvalue weighted by Crippen LogP contribution is -2.54. The SMILES string of the molecule is O=C(c1ccco1)N1CCOC2CCCCC21. The van der Waals surface area contributed by atoms with Gasteiger partial charge in [0.2, 0.25) is 0 Å². The molecule has 1 aliphatic heterocycles. The molecule has 1 saturated heterocycles. The molecule has 2 fully saturated rings. The van der Waals surface area contributed by atoms with E-state index >= 15 is 0 Å². The van der Waals surface area contributed by atoms with E-state index in [0.29, 0.717) is 18.9 Å². The summed E-state index contributed by atoms with van der Waals surface area (Å²) in [4.78, 5) is 14.2.